The molecule has 2 aromatic rings. The van der Waals surface area contributed by atoms with Gasteiger partial charge in [-0.05, 0) is 17.2 Å². The van der Waals surface area contributed by atoms with Crippen molar-refractivity contribution in [1.82, 2.24) is 0 Å². The number of benzene rings is 2. The van der Waals surface area contributed by atoms with Gasteiger partial charge in [0.2, 0.25) is 10.0 Å². The monoisotopic (exact) mass is 341 g/mol. The minimum Gasteiger partial charge on any atom is -0.265 e. The fraction of sp³-hybridized carbons (Fsp3) is 0.250. The molecule has 0 aromatic heterocycles. The Bertz CT molecular complexity index is 804. The van der Waals surface area contributed by atoms with Gasteiger partial charge in [0.1, 0.15) is 5.25 Å². The van der Waals surface area contributed by atoms with Crippen LogP contribution < -0.4 is 4.31 Å². The summed E-state index contributed by atoms with van der Waals surface area (Å²) in [4.78, 5) is 0. The van der Waals surface area contributed by atoms with Crippen LogP contribution in [0.15, 0.2) is 54.6 Å². The summed E-state index contributed by atoms with van der Waals surface area (Å²) in [6.07, 6.45) is -5.93. The highest BCUT2D eigenvalue weighted by atomic mass is 32.2. The lowest BCUT2D eigenvalue weighted by Gasteiger charge is -2.20. The molecule has 0 bridgehead atoms. The van der Waals surface area contributed by atoms with E-state index in [0.29, 0.717) is 5.69 Å². The van der Waals surface area contributed by atoms with Crippen molar-refractivity contribution in [3.8, 4) is 0 Å². The minimum atomic E-state index is -4.55. The second kappa shape index (κ2) is 5.56. The van der Waals surface area contributed by atoms with Crippen molar-refractivity contribution in [3.05, 3.63) is 65.7 Å². The first-order valence-corrected chi connectivity index (χ1v) is 8.50. The van der Waals surface area contributed by atoms with Crippen LogP contribution in [0.5, 0.6) is 0 Å². The Hall–Kier alpha value is -2.02. The van der Waals surface area contributed by atoms with Crippen LogP contribution >= 0.6 is 0 Å². The maximum absolute atomic E-state index is 12.8. The van der Waals surface area contributed by atoms with Gasteiger partial charge in [0.15, 0.2) is 0 Å². The zero-order chi connectivity index (χ0) is 16.7. The molecule has 0 amide bonds. The Morgan fingerprint density at radius 3 is 2.22 bits per heavy atom. The molecular weight excluding hydrogens is 327 g/mol. The summed E-state index contributed by atoms with van der Waals surface area (Å²) in [5.74, 6) is 0. The van der Waals surface area contributed by atoms with Crippen LogP contribution in [0.2, 0.25) is 0 Å². The first kappa shape index (κ1) is 15.9. The van der Waals surface area contributed by atoms with Crippen molar-refractivity contribution < 1.29 is 21.6 Å². The Morgan fingerprint density at radius 2 is 1.57 bits per heavy atom. The number of fused-ring (bicyclic) bond motifs is 1. The van der Waals surface area contributed by atoms with Crippen molar-refractivity contribution in [2.24, 2.45) is 0 Å². The zero-order valence-electron chi connectivity index (χ0n) is 12.0. The molecule has 3 rings (SSSR count). The maximum atomic E-state index is 12.8. The van der Waals surface area contributed by atoms with E-state index in [1.807, 2.05) is 0 Å². The summed E-state index contributed by atoms with van der Waals surface area (Å²) < 4.78 is 64.8. The standard InChI is InChI=1S/C16H14F3NO2S/c17-16(18,19)10-15-13-8-4-5-9-14(13)20(23(15,21)22)11-12-6-2-1-3-7-12/h1-9,15H,10-11H2. The molecule has 1 aliphatic rings. The normalized spacial score (nSPS) is 19.6. The molecular formula is C16H14F3NO2S. The Balaban J connectivity index is 2.04. The van der Waals surface area contributed by atoms with Crippen LogP contribution in [0.25, 0.3) is 0 Å². The maximum Gasteiger partial charge on any atom is 0.390 e. The molecule has 0 aliphatic carbocycles. The fourth-order valence-corrected chi connectivity index (χ4v) is 4.78. The van der Waals surface area contributed by atoms with E-state index in [0.717, 1.165) is 9.87 Å². The molecule has 0 spiro atoms. The molecule has 23 heavy (non-hydrogen) atoms. The minimum absolute atomic E-state index is 0.0224. The van der Waals surface area contributed by atoms with Crippen LogP contribution in [-0.4, -0.2) is 14.6 Å². The number of hydrogen-bond donors (Lipinski definition) is 0. The molecule has 1 aliphatic heterocycles. The highest BCUT2D eigenvalue weighted by Gasteiger charge is 2.48. The number of halogens is 3. The summed E-state index contributed by atoms with van der Waals surface area (Å²) >= 11 is 0. The van der Waals surface area contributed by atoms with Gasteiger partial charge >= 0.3 is 6.18 Å². The quantitative estimate of drug-likeness (QED) is 0.845. The van der Waals surface area contributed by atoms with Gasteiger partial charge < -0.3 is 0 Å². The van der Waals surface area contributed by atoms with E-state index in [-0.39, 0.29) is 12.1 Å². The summed E-state index contributed by atoms with van der Waals surface area (Å²) in [5.41, 5.74) is 1.25. The van der Waals surface area contributed by atoms with E-state index in [1.54, 1.807) is 48.5 Å². The molecule has 1 heterocycles. The average Bonchev–Trinajstić information content (AvgIpc) is 2.69. The first-order valence-electron chi connectivity index (χ1n) is 7.00. The van der Waals surface area contributed by atoms with Crippen LogP contribution in [0, 0.1) is 0 Å². The van der Waals surface area contributed by atoms with Crippen molar-refractivity contribution in [2.45, 2.75) is 24.4 Å². The molecule has 122 valence electrons. The topological polar surface area (TPSA) is 37.4 Å². The van der Waals surface area contributed by atoms with Gasteiger partial charge in [0.25, 0.3) is 0 Å². The van der Waals surface area contributed by atoms with Crippen LogP contribution in [-0.2, 0) is 16.6 Å². The smallest absolute Gasteiger partial charge is 0.265 e. The lowest BCUT2D eigenvalue weighted by Crippen LogP contribution is -2.30. The molecule has 0 radical (unpaired) electrons. The second-order valence-electron chi connectivity index (χ2n) is 5.40. The average molecular weight is 341 g/mol. The van der Waals surface area contributed by atoms with Crippen LogP contribution in [0.1, 0.15) is 22.8 Å². The molecule has 0 saturated heterocycles. The summed E-state index contributed by atoms with van der Waals surface area (Å²) in [5, 5.41) is -1.58. The van der Waals surface area contributed by atoms with Gasteiger partial charge in [-0.15, -0.1) is 0 Å². The number of rotatable bonds is 3. The van der Waals surface area contributed by atoms with Crippen molar-refractivity contribution >= 4 is 15.7 Å². The molecule has 1 unspecified atom stereocenters. The van der Waals surface area contributed by atoms with Gasteiger partial charge in [0, 0.05) is 0 Å². The molecule has 1 atom stereocenters. The number of nitrogens with zero attached hydrogens (tertiary/aromatic N) is 1. The summed E-state index contributed by atoms with van der Waals surface area (Å²) in [7, 11) is -4.11. The van der Waals surface area contributed by atoms with Gasteiger partial charge in [-0.2, -0.15) is 13.2 Å². The lowest BCUT2D eigenvalue weighted by molar-refractivity contribution is -0.134. The molecule has 2 aromatic carbocycles. The fourth-order valence-electron chi connectivity index (χ4n) is 2.79. The van der Waals surface area contributed by atoms with Crippen molar-refractivity contribution in [3.63, 3.8) is 0 Å². The predicted octanol–water partition coefficient (Wildman–Crippen LogP) is 4.03. The number of hydrogen-bond acceptors (Lipinski definition) is 2. The van der Waals surface area contributed by atoms with E-state index in [9.17, 15) is 21.6 Å². The third kappa shape index (κ3) is 3.06. The van der Waals surface area contributed by atoms with E-state index in [1.165, 1.54) is 6.07 Å². The highest BCUT2D eigenvalue weighted by Crippen LogP contribution is 2.47. The lowest BCUT2D eigenvalue weighted by atomic mass is 10.1. The predicted molar refractivity (Wildman–Crippen MR) is 81.4 cm³/mol. The van der Waals surface area contributed by atoms with Gasteiger partial charge in [-0.25, -0.2) is 8.42 Å². The third-order valence-electron chi connectivity index (χ3n) is 3.80. The molecule has 0 fully saturated rings. The van der Waals surface area contributed by atoms with Gasteiger partial charge in [0.05, 0.1) is 18.7 Å². The van der Waals surface area contributed by atoms with Crippen molar-refractivity contribution in [2.75, 3.05) is 4.31 Å². The van der Waals surface area contributed by atoms with E-state index < -0.39 is 27.9 Å². The highest BCUT2D eigenvalue weighted by molar-refractivity contribution is 7.93. The van der Waals surface area contributed by atoms with E-state index in [2.05, 4.69) is 0 Å². The SMILES string of the molecule is O=S1(=O)C(CC(F)(F)F)c2ccccc2N1Cc1ccccc1. The Kier molecular flexibility index (Phi) is 3.83. The summed E-state index contributed by atoms with van der Waals surface area (Å²) in [6, 6.07) is 15.0. The number of para-hydroxylation sites is 1. The van der Waals surface area contributed by atoms with E-state index in [4.69, 9.17) is 0 Å². The van der Waals surface area contributed by atoms with Crippen molar-refractivity contribution in [1.29, 1.82) is 0 Å². The number of sulfonamides is 1. The van der Waals surface area contributed by atoms with Gasteiger partial charge in [-0.3, -0.25) is 4.31 Å². The largest absolute Gasteiger partial charge is 0.390 e. The third-order valence-corrected chi connectivity index (χ3v) is 5.88. The Labute approximate surface area is 132 Å². The van der Waals surface area contributed by atoms with Crippen LogP contribution in [0.4, 0.5) is 18.9 Å². The van der Waals surface area contributed by atoms with E-state index >= 15 is 0 Å². The molecule has 7 heteroatoms. The second-order valence-corrected chi connectivity index (χ2v) is 7.44. The summed E-state index contributed by atoms with van der Waals surface area (Å²) in [6.45, 7) is 0.0224. The molecule has 3 nitrogen and oxygen atoms in total. The first-order chi connectivity index (χ1) is 10.8. The number of anilines is 1. The van der Waals surface area contributed by atoms with Crippen LogP contribution in [0.3, 0.4) is 0 Å². The molecule has 0 saturated carbocycles. The molecule has 0 N–H and O–H groups in total. The van der Waals surface area contributed by atoms with Gasteiger partial charge in [-0.1, -0.05) is 48.5 Å². The number of alkyl halides is 3. The Morgan fingerprint density at radius 1 is 0.957 bits per heavy atom. The zero-order valence-corrected chi connectivity index (χ0v) is 12.8.